The summed E-state index contributed by atoms with van der Waals surface area (Å²) in [5, 5.41) is 9.01. The Kier molecular flexibility index (Phi) is 5.12. The molecule has 0 bridgehead atoms. The Morgan fingerprint density at radius 1 is 1.33 bits per heavy atom. The van der Waals surface area contributed by atoms with Crippen LogP contribution in [0.25, 0.3) is 0 Å². The maximum atomic E-state index is 9.01. The molecular weight excluding hydrogens is 190 g/mol. The summed E-state index contributed by atoms with van der Waals surface area (Å²) < 4.78 is 5.51. The molecule has 0 fully saturated rings. The molecule has 0 aliphatic carbocycles. The normalized spacial score (nSPS) is 10.3. The standard InChI is InChI=1S/C12H19NO2/c1-3-4-5-6-15-12-8-11(9-14)7-10(2)13-12/h7-8,14H,3-6,9H2,1-2H3. The highest BCUT2D eigenvalue weighted by Crippen LogP contribution is 2.12. The highest BCUT2D eigenvalue weighted by Gasteiger charge is 2.00. The van der Waals surface area contributed by atoms with E-state index in [0.717, 1.165) is 17.7 Å². The summed E-state index contributed by atoms with van der Waals surface area (Å²) >= 11 is 0. The van der Waals surface area contributed by atoms with E-state index < -0.39 is 0 Å². The van der Waals surface area contributed by atoms with Gasteiger partial charge in [-0.25, -0.2) is 4.98 Å². The molecule has 0 aliphatic heterocycles. The molecule has 0 aliphatic rings. The molecule has 1 heterocycles. The van der Waals surface area contributed by atoms with Crippen molar-refractivity contribution >= 4 is 0 Å². The van der Waals surface area contributed by atoms with Crippen LogP contribution >= 0.6 is 0 Å². The Bertz CT molecular complexity index is 300. The van der Waals surface area contributed by atoms with Crippen molar-refractivity contribution in [2.45, 2.75) is 39.7 Å². The summed E-state index contributed by atoms with van der Waals surface area (Å²) in [6.07, 6.45) is 3.42. The molecule has 0 amide bonds. The zero-order chi connectivity index (χ0) is 11.1. The first kappa shape index (κ1) is 12.0. The van der Waals surface area contributed by atoms with Crippen molar-refractivity contribution in [1.29, 1.82) is 0 Å². The van der Waals surface area contributed by atoms with E-state index in [1.54, 1.807) is 6.07 Å². The minimum Gasteiger partial charge on any atom is -0.478 e. The first-order valence-electron chi connectivity index (χ1n) is 5.47. The number of aliphatic hydroxyl groups is 1. The molecule has 3 nitrogen and oxygen atoms in total. The smallest absolute Gasteiger partial charge is 0.213 e. The van der Waals surface area contributed by atoms with Crippen molar-refractivity contribution in [2.75, 3.05) is 6.61 Å². The Balaban J connectivity index is 2.49. The average molecular weight is 209 g/mol. The maximum Gasteiger partial charge on any atom is 0.213 e. The zero-order valence-electron chi connectivity index (χ0n) is 9.49. The maximum absolute atomic E-state index is 9.01. The first-order valence-corrected chi connectivity index (χ1v) is 5.47. The fourth-order valence-electron chi connectivity index (χ4n) is 1.40. The van der Waals surface area contributed by atoms with Gasteiger partial charge in [0.1, 0.15) is 0 Å². The minimum absolute atomic E-state index is 0.0364. The number of pyridine rings is 1. The second-order valence-electron chi connectivity index (χ2n) is 3.67. The van der Waals surface area contributed by atoms with Gasteiger partial charge in [-0.2, -0.15) is 0 Å². The third-order valence-corrected chi connectivity index (χ3v) is 2.17. The molecule has 0 unspecified atom stereocenters. The second-order valence-corrected chi connectivity index (χ2v) is 3.67. The van der Waals surface area contributed by atoms with Gasteiger partial charge in [-0.15, -0.1) is 0 Å². The van der Waals surface area contributed by atoms with Crippen molar-refractivity contribution in [2.24, 2.45) is 0 Å². The minimum atomic E-state index is 0.0364. The third kappa shape index (κ3) is 4.30. The van der Waals surface area contributed by atoms with Gasteiger partial charge >= 0.3 is 0 Å². The van der Waals surface area contributed by atoms with Crippen LogP contribution in [0.4, 0.5) is 0 Å². The molecular formula is C12H19NO2. The number of aliphatic hydroxyl groups excluding tert-OH is 1. The lowest BCUT2D eigenvalue weighted by molar-refractivity contribution is 0.275. The average Bonchev–Trinajstić information content (AvgIpc) is 2.23. The van der Waals surface area contributed by atoms with Gasteiger partial charge in [0.15, 0.2) is 0 Å². The second kappa shape index (κ2) is 6.40. The van der Waals surface area contributed by atoms with Gasteiger partial charge in [-0.05, 0) is 25.0 Å². The predicted molar refractivity (Wildman–Crippen MR) is 59.9 cm³/mol. The van der Waals surface area contributed by atoms with Crippen LogP contribution in [-0.2, 0) is 6.61 Å². The monoisotopic (exact) mass is 209 g/mol. The summed E-state index contributed by atoms with van der Waals surface area (Å²) in [7, 11) is 0. The molecule has 0 saturated carbocycles. The Morgan fingerprint density at radius 3 is 2.80 bits per heavy atom. The van der Waals surface area contributed by atoms with Crippen LogP contribution in [0.3, 0.4) is 0 Å². The van der Waals surface area contributed by atoms with Gasteiger partial charge in [-0.1, -0.05) is 19.8 Å². The molecule has 1 N–H and O–H groups in total. The molecule has 0 atom stereocenters. The van der Waals surface area contributed by atoms with E-state index in [1.165, 1.54) is 12.8 Å². The summed E-state index contributed by atoms with van der Waals surface area (Å²) in [6.45, 7) is 4.80. The van der Waals surface area contributed by atoms with Crippen LogP contribution < -0.4 is 4.74 Å². The molecule has 15 heavy (non-hydrogen) atoms. The number of ether oxygens (including phenoxy) is 1. The van der Waals surface area contributed by atoms with E-state index in [1.807, 2.05) is 13.0 Å². The lowest BCUT2D eigenvalue weighted by Crippen LogP contribution is -2.00. The number of hydrogen-bond donors (Lipinski definition) is 1. The van der Waals surface area contributed by atoms with E-state index >= 15 is 0 Å². The van der Waals surface area contributed by atoms with Gasteiger partial charge < -0.3 is 9.84 Å². The van der Waals surface area contributed by atoms with Gasteiger partial charge in [0, 0.05) is 11.8 Å². The van der Waals surface area contributed by atoms with Gasteiger partial charge in [0.2, 0.25) is 5.88 Å². The van der Waals surface area contributed by atoms with Crippen LogP contribution in [-0.4, -0.2) is 16.7 Å². The fourth-order valence-corrected chi connectivity index (χ4v) is 1.40. The van der Waals surface area contributed by atoms with Crippen molar-refractivity contribution in [1.82, 2.24) is 4.98 Å². The van der Waals surface area contributed by atoms with Gasteiger partial charge in [0.25, 0.3) is 0 Å². The molecule has 1 aromatic rings. The zero-order valence-corrected chi connectivity index (χ0v) is 9.49. The van der Waals surface area contributed by atoms with Crippen LogP contribution in [0.5, 0.6) is 5.88 Å². The number of aryl methyl sites for hydroxylation is 1. The van der Waals surface area contributed by atoms with E-state index in [0.29, 0.717) is 12.5 Å². The van der Waals surface area contributed by atoms with Crippen molar-refractivity contribution in [3.05, 3.63) is 23.4 Å². The van der Waals surface area contributed by atoms with Crippen molar-refractivity contribution in [3.63, 3.8) is 0 Å². The molecule has 0 spiro atoms. The summed E-state index contributed by atoms with van der Waals surface area (Å²) in [6, 6.07) is 3.65. The molecule has 84 valence electrons. The summed E-state index contributed by atoms with van der Waals surface area (Å²) in [5.74, 6) is 0.621. The van der Waals surface area contributed by atoms with Gasteiger partial charge in [0.05, 0.1) is 13.2 Å². The molecule has 0 radical (unpaired) electrons. The number of hydrogen-bond acceptors (Lipinski definition) is 3. The highest BCUT2D eigenvalue weighted by molar-refractivity contribution is 5.23. The molecule has 1 rings (SSSR count). The van der Waals surface area contributed by atoms with Crippen LogP contribution in [0, 0.1) is 6.92 Å². The molecule has 3 heteroatoms. The molecule has 0 saturated heterocycles. The largest absolute Gasteiger partial charge is 0.478 e. The Labute approximate surface area is 91.1 Å². The van der Waals surface area contributed by atoms with Crippen LogP contribution in [0.1, 0.15) is 37.4 Å². The van der Waals surface area contributed by atoms with Crippen molar-refractivity contribution < 1.29 is 9.84 Å². The number of rotatable bonds is 6. The highest BCUT2D eigenvalue weighted by atomic mass is 16.5. The lowest BCUT2D eigenvalue weighted by atomic mass is 10.2. The first-order chi connectivity index (χ1) is 7.26. The van der Waals surface area contributed by atoms with E-state index in [9.17, 15) is 0 Å². The third-order valence-electron chi connectivity index (χ3n) is 2.17. The lowest BCUT2D eigenvalue weighted by Gasteiger charge is -2.07. The summed E-state index contributed by atoms with van der Waals surface area (Å²) in [5.41, 5.74) is 1.74. The Hall–Kier alpha value is -1.09. The SMILES string of the molecule is CCCCCOc1cc(CO)cc(C)n1. The number of unbranched alkanes of at least 4 members (excludes halogenated alkanes) is 2. The quantitative estimate of drug-likeness (QED) is 0.732. The topological polar surface area (TPSA) is 42.4 Å². The number of aromatic nitrogens is 1. The number of nitrogens with zero attached hydrogens (tertiary/aromatic N) is 1. The van der Waals surface area contributed by atoms with E-state index in [4.69, 9.17) is 9.84 Å². The predicted octanol–water partition coefficient (Wildman–Crippen LogP) is 2.45. The van der Waals surface area contributed by atoms with Crippen LogP contribution in [0.2, 0.25) is 0 Å². The van der Waals surface area contributed by atoms with Crippen LogP contribution in [0.15, 0.2) is 12.1 Å². The molecule has 0 aromatic carbocycles. The fraction of sp³-hybridized carbons (Fsp3) is 0.583. The Morgan fingerprint density at radius 2 is 2.13 bits per heavy atom. The van der Waals surface area contributed by atoms with Crippen molar-refractivity contribution in [3.8, 4) is 5.88 Å². The van der Waals surface area contributed by atoms with E-state index in [-0.39, 0.29) is 6.61 Å². The van der Waals surface area contributed by atoms with E-state index in [2.05, 4.69) is 11.9 Å². The molecule has 1 aromatic heterocycles. The summed E-state index contributed by atoms with van der Waals surface area (Å²) in [4.78, 5) is 4.25. The van der Waals surface area contributed by atoms with Gasteiger partial charge in [-0.3, -0.25) is 0 Å².